The van der Waals surface area contributed by atoms with Crippen LogP contribution in [0.2, 0.25) is 5.02 Å². The summed E-state index contributed by atoms with van der Waals surface area (Å²) in [7, 11) is 0. The van der Waals surface area contributed by atoms with E-state index in [4.69, 9.17) is 17.3 Å². The predicted octanol–water partition coefficient (Wildman–Crippen LogP) is 4.56. The van der Waals surface area contributed by atoms with Crippen LogP contribution in [-0.2, 0) is 6.42 Å². The Morgan fingerprint density at radius 3 is 2.48 bits per heavy atom. The summed E-state index contributed by atoms with van der Waals surface area (Å²) in [6.45, 7) is 1.82. The number of nitrogens with one attached hydrogen (secondary N) is 1. The molecule has 0 unspecified atom stereocenters. The van der Waals surface area contributed by atoms with Gasteiger partial charge in [-0.15, -0.1) is 0 Å². The van der Waals surface area contributed by atoms with Gasteiger partial charge in [0.05, 0.1) is 22.4 Å². The third-order valence-corrected chi connectivity index (χ3v) is 5.30. The van der Waals surface area contributed by atoms with Gasteiger partial charge in [-0.2, -0.15) is 0 Å². The average Bonchev–Trinajstić information content (AvgIpc) is 3.29. The second-order valence-corrected chi connectivity index (χ2v) is 7.29. The number of aryl methyl sites for hydroxylation is 1. The van der Waals surface area contributed by atoms with E-state index in [1.54, 1.807) is 6.07 Å². The van der Waals surface area contributed by atoms with Gasteiger partial charge in [-0.25, -0.2) is 28.1 Å². The molecule has 0 bridgehead atoms. The SMILES string of the molecule is CCc1cc2ccc(F)c(Cl)c2c(=O)n1-c1ccc(F)c(F)c1.Nc1ncnc2nc[nH]c12. The number of hydrogen-bond acceptors (Lipinski definition) is 5. The molecular formula is C22H16ClF3N6O. The molecule has 2 aromatic carbocycles. The van der Waals surface area contributed by atoms with E-state index in [1.807, 2.05) is 6.92 Å². The molecular weight excluding hydrogens is 457 g/mol. The number of anilines is 1. The van der Waals surface area contributed by atoms with Crippen LogP contribution in [-0.4, -0.2) is 24.5 Å². The number of aromatic nitrogens is 5. The second kappa shape index (κ2) is 8.91. The Bertz CT molecular complexity index is 1550. The summed E-state index contributed by atoms with van der Waals surface area (Å²) < 4.78 is 41.5. The van der Waals surface area contributed by atoms with Gasteiger partial charge in [-0.3, -0.25) is 9.36 Å². The summed E-state index contributed by atoms with van der Waals surface area (Å²) in [4.78, 5) is 27.1. The van der Waals surface area contributed by atoms with Crippen molar-refractivity contribution in [3.05, 3.63) is 87.6 Å². The van der Waals surface area contributed by atoms with Crippen LogP contribution in [0.3, 0.4) is 0 Å². The van der Waals surface area contributed by atoms with Gasteiger partial charge in [0.1, 0.15) is 17.7 Å². The lowest BCUT2D eigenvalue weighted by atomic mass is 10.1. The Labute approximate surface area is 189 Å². The summed E-state index contributed by atoms with van der Waals surface area (Å²) in [5, 5.41) is 0.220. The van der Waals surface area contributed by atoms with Crippen molar-refractivity contribution in [2.45, 2.75) is 13.3 Å². The highest BCUT2D eigenvalue weighted by atomic mass is 35.5. The highest BCUT2D eigenvalue weighted by Gasteiger charge is 2.16. The zero-order valence-electron chi connectivity index (χ0n) is 17.1. The summed E-state index contributed by atoms with van der Waals surface area (Å²) in [5.74, 6) is -2.36. The van der Waals surface area contributed by atoms with Crippen LogP contribution in [0.25, 0.3) is 27.6 Å². The highest BCUT2D eigenvalue weighted by molar-refractivity contribution is 6.35. The monoisotopic (exact) mass is 472 g/mol. The minimum Gasteiger partial charge on any atom is -0.382 e. The number of fused-ring (bicyclic) bond motifs is 2. The summed E-state index contributed by atoms with van der Waals surface area (Å²) in [5.41, 5.74) is 6.94. The van der Waals surface area contributed by atoms with Gasteiger partial charge in [-0.1, -0.05) is 24.6 Å². The third-order valence-electron chi connectivity index (χ3n) is 4.93. The van der Waals surface area contributed by atoms with E-state index in [1.165, 1.54) is 35.4 Å². The smallest absolute Gasteiger partial charge is 0.264 e. The molecule has 0 saturated heterocycles. The van der Waals surface area contributed by atoms with Gasteiger partial charge < -0.3 is 10.7 Å². The van der Waals surface area contributed by atoms with Crippen LogP contribution in [0.5, 0.6) is 0 Å². The summed E-state index contributed by atoms with van der Waals surface area (Å²) >= 11 is 5.92. The number of nitrogens with two attached hydrogens (primary N) is 1. The van der Waals surface area contributed by atoms with Gasteiger partial charge in [-0.05, 0) is 36.1 Å². The zero-order chi connectivity index (χ0) is 23.7. The molecule has 0 fully saturated rings. The van der Waals surface area contributed by atoms with E-state index < -0.39 is 23.0 Å². The van der Waals surface area contributed by atoms with Gasteiger partial charge in [0.25, 0.3) is 5.56 Å². The number of nitrogen functional groups attached to an aromatic ring is 1. The summed E-state index contributed by atoms with van der Waals surface area (Å²) in [6.07, 6.45) is 3.40. The molecule has 3 aromatic heterocycles. The van der Waals surface area contributed by atoms with E-state index in [2.05, 4.69) is 19.9 Å². The number of hydrogen-bond donors (Lipinski definition) is 2. The first-order valence-electron chi connectivity index (χ1n) is 9.69. The zero-order valence-corrected chi connectivity index (χ0v) is 17.9. The molecule has 168 valence electrons. The first-order valence-corrected chi connectivity index (χ1v) is 10.1. The number of pyridine rings is 1. The van der Waals surface area contributed by atoms with Crippen molar-refractivity contribution >= 4 is 39.4 Å². The fraction of sp³-hybridized carbons (Fsp3) is 0.0909. The molecule has 33 heavy (non-hydrogen) atoms. The van der Waals surface area contributed by atoms with Crippen molar-refractivity contribution in [3.63, 3.8) is 0 Å². The van der Waals surface area contributed by atoms with Crippen molar-refractivity contribution in [2.75, 3.05) is 5.73 Å². The molecule has 11 heteroatoms. The maximum Gasteiger partial charge on any atom is 0.264 e. The van der Waals surface area contributed by atoms with E-state index in [-0.39, 0.29) is 16.1 Å². The first kappa shape index (κ1) is 22.3. The lowest BCUT2D eigenvalue weighted by Gasteiger charge is -2.14. The topological polar surface area (TPSA) is 102 Å². The highest BCUT2D eigenvalue weighted by Crippen LogP contribution is 2.26. The second-order valence-electron chi connectivity index (χ2n) is 6.91. The molecule has 0 atom stereocenters. The fourth-order valence-electron chi connectivity index (χ4n) is 3.34. The van der Waals surface area contributed by atoms with Crippen LogP contribution >= 0.6 is 11.6 Å². The van der Waals surface area contributed by atoms with Crippen molar-refractivity contribution in [1.29, 1.82) is 0 Å². The van der Waals surface area contributed by atoms with Crippen LogP contribution in [0.15, 0.2) is 53.8 Å². The molecule has 0 aliphatic carbocycles. The van der Waals surface area contributed by atoms with Crippen molar-refractivity contribution in [1.82, 2.24) is 24.5 Å². The quantitative estimate of drug-likeness (QED) is 0.392. The molecule has 7 nitrogen and oxygen atoms in total. The Morgan fingerprint density at radius 2 is 1.79 bits per heavy atom. The van der Waals surface area contributed by atoms with E-state index in [0.717, 1.165) is 12.1 Å². The number of rotatable bonds is 2. The van der Waals surface area contributed by atoms with Crippen molar-refractivity contribution in [2.24, 2.45) is 0 Å². The first-order chi connectivity index (χ1) is 15.8. The molecule has 0 spiro atoms. The average molecular weight is 473 g/mol. The van der Waals surface area contributed by atoms with Crippen LogP contribution in [0.1, 0.15) is 12.6 Å². The Balaban J connectivity index is 0.000000214. The number of halogens is 4. The molecule has 3 heterocycles. The number of H-pyrrole nitrogens is 1. The lowest BCUT2D eigenvalue weighted by Crippen LogP contribution is -2.22. The third kappa shape index (κ3) is 4.12. The number of imidazole rings is 1. The molecule has 5 rings (SSSR count). The minimum absolute atomic E-state index is 0.00796. The Kier molecular flexibility index (Phi) is 6.01. The standard InChI is InChI=1S/C17H11ClF3NO.C5H5N5/c1-2-10-7-9-3-5-13(20)16(18)15(9)17(23)22(10)11-4-6-12(19)14(21)8-11;6-4-3-5(9-1-7-3)10-2-8-4/h3-8H,2H2,1H3;1-2H,(H3,6,7,8,9,10). The maximum atomic E-state index is 13.7. The molecule has 5 aromatic rings. The number of benzene rings is 2. The fourth-order valence-corrected chi connectivity index (χ4v) is 3.59. The molecule has 0 saturated carbocycles. The van der Waals surface area contributed by atoms with Crippen LogP contribution in [0, 0.1) is 17.5 Å². The van der Waals surface area contributed by atoms with Crippen molar-refractivity contribution < 1.29 is 13.2 Å². The largest absolute Gasteiger partial charge is 0.382 e. The van der Waals surface area contributed by atoms with Crippen LogP contribution < -0.4 is 11.3 Å². The van der Waals surface area contributed by atoms with Crippen molar-refractivity contribution in [3.8, 4) is 5.69 Å². The number of nitrogens with zero attached hydrogens (tertiary/aromatic N) is 4. The normalized spacial score (nSPS) is 10.9. The van der Waals surface area contributed by atoms with E-state index in [9.17, 15) is 18.0 Å². The Hall–Kier alpha value is -3.92. The molecule has 0 amide bonds. The van der Waals surface area contributed by atoms with Crippen LogP contribution in [0.4, 0.5) is 19.0 Å². The molecule has 0 radical (unpaired) electrons. The molecule has 0 aliphatic heterocycles. The molecule has 0 aliphatic rings. The van der Waals surface area contributed by atoms with Gasteiger partial charge in [0, 0.05) is 11.8 Å². The predicted molar refractivity (Wildman–Crippen MR) is 120 cm³/mol. The van der Waals surface area contributed by atoms with E-state index in [0.29, 0.717) is 34.5 Å². The Morgan fingerprint density at radius 1 is 1.03 bits per heavy atom. The van der Waals surface area contributed by atoms with Gasteiger partial charge in [0.15, 0.2) is 23.1 Å². The summed E-state index contributed by atoms with van der Waals surface area (Å²) in [6, 6.07) is 7.49. The number of aromatic amines is 1. The van der Waals surface area contributed by atoms with E-state index >= 15 is 0 Å². The lowest BCUT2D eigenvalue weighted by molar-refractivity contribution is 0.507. The maximum absolute atomic E-state index is 13.7. The minimum atomic E-state index is -1.07. The van der Waals surface area contributed by atoms with Gasteiger partial charge >= 0.3 is 0 Å². The molecule has 3 N–H and O–H groups in total. The van der Waals surface area contributed by atoms with Gasteiger partial charge in [0.2, 0.25) is 0 Å².